The molecule has 5 heteroatoms. The van der Waals surface area contributed by atoms with Crippen molar-refractivity contribution in [3.8, 4) is 11.4 Å². The summed E-state index contributed by atoms with van der Waals surface area (Å²) in [6.07, 6.45) is 2.62. The van der Waals surface area contributed by atoms with Gasteiger partial charge in [-0.05, 0) is 24.1 Å². The highest BCUT2D eigenvalue weighted by molar-refractivity contribution is 6.43. The fraction of sp³-hybridized carbons (Fsp3) is 0.125. The van der Waals surface area contributed by atoms with Crippen molar-refractivity contribution in [1.29, 1.82) is 0 Å². The van der Waals surface area contributed by atoms with Crippen LogP contribution in [0.5, 0.6) is 0 Å². The molecule has 0 bridgehead atoms. The number of hydrogen-bond donors (Lipinski definition) is 0. The quantitative estimate of drug-likeness (QED) is 0.709. The van der Waals surface area contributed by atoms with Crippen LogP contribution < -0.4 is 0 Å². The Balaban J connectivity index is 1.86. The minimum atomic E-state index is 0.508. The second-order valence-electron chi connectivity index (χ2n) is 4.68. The third-order valence-electron chi connectivity index (χ3n) is 3.29. The number of rotatable bonds is 4. The van der Waals surface area contributed by atoms with E-state index in [-0.39, 0.29) is 0 Å². The Hall–Kier alpha value is -1.84. The van der Waals surface area contributed by atoms with Crippen molar-refractivity contribution in [3.63, 3.8) is 0 Å². The van der Waals surface area contributed by atoms with E-state index in [9.17, 15) is 0 Å². The lowest BCUT2D eigenvalue weighted by molar-refractivity contribution is 0.700. The predicted molar refractivity (Wildman–Crippen MR) is 85.6 cm³/mol. The zero-order chi connectivity index (χ0) is 14.7. The molecule has 0 fully saturated rings. The summed E-state index contributed by atoms with van der Waals surface area (Å²) >= 11 is 12.3. The SMILES string of the molecule is Clc1cccc(-c2nncn2CCc2ccccc2)c1Cl. The van der Waals surface area contributed by atoms with Crippen molar-refractivity contribution in [2.24, 2.45) is 0 Å². The van der Waals surface area contributed by atoms with E-state index < -0.39 is 0 Å². The normalized spacial score (nSPS) is 10.8. The minimum Gasteiger partial charge on any atom is -0.313 e. The summed E-state index contributed by atoms with van der Waals surface area (Å²) < 4.78 is 1.99. The molecule has 2 aromatic carbocycles. The van der Waals surface area contributed by atoms with E-state index in [1.54, 1.807) is 12.4 Å². The predicted octanol–water partition coefficient (Wildman–Crippen LogP) is 4.49. The van der Waals surface area contributed by atoms with Gasteiger partial charge < -0.3 is 4.57 Å². The summed E-state index contributed by atoms with van der Waals surface area (Å²) in [4.78, 5) is 0. The van der Waals surface area contributed by atoms with Crippen LogP contribution in [0.25, 0.3) is 11.4 Å². The highest BCUT2D eigenvalue weighted by Gasteiger charge is 2.12. The lowest BCUT2D eigenvalue weighted by atomic mass is 10.1. The summed E-state index contributed by atoms with van der Waals surface area (Å²) in [7, 11) is 0. The van der Waals surface area contributed by atoms with E-state index in [1.807, 2.05) is 34.9 Å². The third-order valence-corrected chi connectivity index (χ3v) is 4.11. The van der Waals surface area contributed by atoms with Crippen LogP contribution >= 0.6 is 23.2 Å². The molecule has 0 spiro atoms. The first-order valence-corrected chi connectivity index (χ1v) is 7.37. The van der Waals surface area contributed by atoms with Crippen LogP contribution in [0, 0.1) is 0 Å². The van der Waals surface area contributed by atoms with Crippen LogP contribution in [0.15, 0.2) is 54.9 Å². The molecular formula is C16H13Cl2N3. The summed E-state index contributed by atoms with van der Waals surface area (Å²) in [5, 5.41) is 9.19. The topological polar surface area (TPSA) is 30.7 Å². The van der Waals surface area contributed by atoms with Crippen molar-refractivity contribution >= 4 is 23.2 Å². The minimum absolute atomic E-state index is 0.508. The molecule has 0 unspecified atom stereocenters. The number of aryl methyl sites for hydroxylation is 2. The molecular weight excluding hydrogens is 305 g/mol. The third kappa shape index (κ3) is 3.09. The Morgan fingerprint density at radius 3 is 2.57 bits per heavy atom. The second kappa shape index (κ2) is 6.29. The highest BCUT2D eigenvalue weighted by atomic mass is 35.5. The molecule has 0 atom stereocenters. The molecule has 1 heterocycles. The Morgan fingerprint density at radius 2 is 1.76 bits per heavy atom. The van der Waals surface area contributed by atoms with E-state index >= 15 is 0 Å². The second-order valence-corrected chi connectivity index (χ2v) is 5.47. The maximum atomic E-state index is 6.26. The number of halogens is 2. The standard InChI is InChI=1S/C16H13Cl2N3/c17-14-8-4-7-13(15(14)18)16-20-19-11-21(16)10-9-12-5-2-1-3-6-12/h1-8,11H,9-10H2. The van der Waals surface area contributed by atoms with Gasteiger partial charge in [-0.1, -0.05) is 59.6 Å². The Morgan fingerprint density at radius 1 is 0.952 bits per heavy atom. The van der Waals surface area contributed by atoms with Gasteiger partial charge in [0.25, 0.3) is 0 Å². The maximum absolute atomic E-state index is 6.26. The summed E-state index contributed by atoms with van der Waals surface area (Å²) in [6, 6.07) is 15.8. The van der Waals surface area contributed by atoms with E-state index in [1.165, 1.54) is 5.56 Å². The average molecular weight is 318 g/mol. The van der Waals surface area contributed by atoms with Gasteiger partial charge in [-0.2, -0.15) is 0 Å². The Kier molecular flexibility index (Phi) is 4.23. The molecule has 3 aromatic rings. The Bertz CT molecular complexity index is 738. The molecule has 0 saturated carbocycles. The molecule has 0 amide bonds. The smallest absolute Gasteiger partial charge is 0.165 e. The van der Waals surface area contributed by atoms with Gasteiger partial charge in [0.1, 0.15) is 6.33 Å². The van der Waals surface area contributed by atoms with Crippen molar-refractivity contribution in [2.75, 3.05) is 0 Å². The summed E-state index contributed by atoms with van der Waals surface area (Å²) in [6.45, 7) is 0.787. The molecule has 3 nitrogen and oxygen atoms in total. The summed E-state index contributed by atoms with van der Waals surface area (Å²) in [5.74, 6) is 0.735. The van der Waals surface area contributed by atoms with E-state index in [2.05, 4.69) is 22.3 Å². The fourth-order valence-corrected chi connectivity index (χ4v) is 2.58. The zero-order valence-electron chi connectivity index (χ0n) is 11.2. The van der Waals surface area contributed by atoms with Gasteiger partial charge in [-0.15, -0.1) is 10.2 Å². The van der Waals surface area contributed by atoms with Crippen molar-refractivity contribution in [2.45, 2.75) is 13.0 Å². The van der Waals surface area contributed by atoms with Crippen LogP contribution in [-0.4, -0.2) is 14.8 Å². The number of hydrogen-bond acceptors (Lipinski definition) is 2. The molecule has 106 valence electrons. The molecule has 1 aromatic heterocycles. The first kappa shape index (κ1) is 14.1. The van der Waals surface area contributed by atoms with Crippen LogP contribution in [-0.2, 0) is 13.0 Å². The van der Waals surface area contributed by atoms with Crippen molar-refractivity contribution in [3.05, 3.63) is 70.5 Å². The summed E-state index contributed by atoms with van der Waals surface area (Å²) in [5.41, 5.74) is 2.07. The molecule has 21 heavy (non-hydrogen) atoms. The number of aromatic nitrogens is 3. The lowest BCUT2D eigenvalue weighted by Crippen LogP contribution is -2.03. The molecule has 0 aliphatic rings. The van der Waals surface area contributed by atoms with Crippen LogP contribution in [0.1, 0.15) is 5.56 Å². The molecule has 3 rings (SSSR count). The fourth-order valence-electron chi connectivity index (χ4n) is 2.20. The number of benzene rings is 2. The van der Waals surface area contributed by atoms with Gasteiger partial charge in [0, 0.05) is 12.1 Å². The van der Waals surface area contributed by atoms with E-state index in [4.69, 9.17) is 23.2 Å². The van der Waals surface area contributed by atoms with Crippen LogP contribution in [0.2, 0.25) is 10.0 Å². The highest BCUT2D eigenvalue weighted by Crippen LogP contribution is 2.32. The Labute approximate surface area is 133 Å². The lowest BCUT2D eigenvalue weighted by Gasteiger charge is -2.08. The van der Waals surface area contributed by atoms with Gasteiger partial charge in [-0.3, -0.25) is 0 Å². The van der Waals surface area contributed by atoms with Gasteiger partial charge in [0.2, 0.25) is 0 Å². The monoisotopic (exact) mass is 317 g/mol. The van der Waals surface area contributed by atoms with Gasteiger partial charge >= 0.3 is 0 Å². The van der Waals surface area contributed by atoms with Crippen molar-refractivity contribution < 1.29 is 0 Å². The molecule has 0 saturated heterocycles. The first-order chi connectivity index (χ1) is 10.3. The molecule has 0 aliphatic carbocycles. The van der Waals surface area contributed by atoms with Gasteiger partial charge in [-0.25, -0.2) is 0 Å². The van der Waals surface area contributed by atoms with Crippen LogP contribution in [0.3, 0.4) is 0 Å². The van der Waals surface area contributed by atoms with Crippen LogP contribution in [0.4, 0.5) is 0 Å². The first-order valence-electron chi connectivity index (χ1n) is 6.62. The van der Waals surface area contributed by atoms with Gasteiger partial charge in [0.15, 0.2) is 5.82 Å². The molecule has 0 radical (unpaired) electrons. The molecule has 0 aliphatic heterocycles. The zero-order valence-corrected chi connectivity index (χ0v) is 12.7. The van der Waals surface area contributed by atoms with E-state index in [0.717, 1.165) is 24.4 Å². The largest absolute Gasteiger partial charge is 0.313 e. The molecule has 0 N–H and O–H groups in total. The van der Waals surface area contributed by atoms with E-state index in [0.29, 0.717) is 10.0 Å². The number of nitrogens with zero attached hydrogens (tertiary/aromatic N) is 3. The van der Waals surface area contributed by atoms with Crippen molar-refractivity contribution in [1.82, 2.24) is 14.8 Å². The van der Waals surface area contributed by atoms with Gasteiger partial charge in [0.05, 0.1) is 10.0 Å². The average Bonchev–Trinajstić information content (AvgIpc) is 2.97. The maximum Gasteiger partial charge on any atom is 0.165 e.